The third-order valence-corrected chi connectivity index (χ3v) is 9.18. The number of halogens is 1. The highest BCUT2D eigenvalue weighted by molar-refractivity contribution is 7.22. The summed E-state index contributed by atoms with van der Waals surface area (Å²) in [6.07, 6.45) is 1.04. The summed E-state index contributed by atoms with van der Waals surface area (Å²) in [6.45, 7) is 9.46. The van der Waals surface area contributed by atoms with Gasteiger partial charge in [0.1, 0.15) is 11.1 Å². The Morgan fingerprint density at radius 3 is 2.34 bits per heavy atom. The Bertz CT molecular complexity index is 2130. The normalized spacial score (nSPS) is 12.7. The Hall–Kier alpha value is -4.11. The van der Waals surface area contributed by atoms with Gasteiger partial charge in [0, 0.05) is 47.6 Å². The molecular weight excluding hydrogens is 592 g/mol. The Morgan fingerprint density at radius 1 is 0.955 bits per heavy atom. The van der Waals surface area contributed by atoms with E-state index in [1.807, 2.05) is 100 Å². The molecule has 3 heterocycles. The third kappa shape index (κ3) is 5.38. The van der Waals surface area contributed by atoms with Crippen LogP contribution in [-0.4, -0.2) is 30.7 Å². The van der Waals surface area contributed by atoms with E-state index in [9.17, 15) is 9.59 Å². The molecule has 3 aromatic carbocycles. The third-order valence-electron chi connectivity index (χ3n) is 7.79. The summed E-state index contributed by atoms with van der Waals surface area (Å²) < 4.78 is 10.8. The highest BCUT2D eigenvalue weighted by Gasteiger charge is 2.30. The predicted octanol–water partition coefficient (Wildman–Crippen LogP) is 8.29. The second-order valence-corrected chi connectivity index (χ2v) is 13.5. The number of fused-ring (bicyclic) bond motifs is 2. The predicted molar refractivity (Wildman–Crippen MR) is 179 cm³/mol. The zero-order chi connectivity index (χ0) is 31.5. The van der Waals surface area contributed by atoms with Gasteiger partial charge in [0.2, 0.25) is 0 Å². The zero-order valence-corrected chi connectivity index (χ0v) is 27.3. The Labute approximate surface area is 264 Å². The number of benzene rings is 3. The smallest absolute Gasteiger partial charge is 0.274 e. The van der Waals surface area contributed by atoms with Crippen LogP contribution in [-0.2, 0) is 23.6 Å². The number of carbonyl (C=O) groups is 1. The number of Topliss-reactive ketones (excluding diaryl/α,β-unsaturated/α-hetero) is 1. The lowest BCUT2D eigenvalue weighted by atomic mass is 9.90. The van der Waals surface area contributed by atoms with Gasteiger partial charge in [-0.25, -0.2) is 4.98 Å². The Kier molecular flexibility index (Phi) is 7.56. The number of carbonyl (C=O) groups excluding carboxylic acids is 1. The molecule has 0 aliphatic carbocycles. The van der Waals surface area contributed by atoms with Crippen molar-refractivity contribution in [3.8, 4) is 33.0 Å². The molecule has 224 valence electrons. The topological polar surface area (TPSA) is 79.0 Å². The lowest BCUT2D eigenvalue weighted by Gasteiger charge is -2.29. The SMILES string of the molecule is CC(=O)[C@@H](OC(C)(C)C)c1c(C)cc2nc(-c3ccnc(-c4ccc5c(=O)n(C)n(C)c5c4)c3)sc2c1-c1ccc(Cl)cc1. The first-order chi connectivity index (χ1) is 20.8. The van der Waals surface area contributed by atoms with Crippen molar-refractivity contribution in [2.45, 2.75) is 46.3 Å². The molecule has 0 aliphatic heterocycles. The molecule has 7 nitrogen and oxygen atoms in total. The Morgan fingerprint density at radius 2 is 1.66 bits per heavy atom. The fourth-order valence-corrected chi connectivity index (χ4v) is 6.85. The van der Waals surface area contributed by atoms with E-state index in [0.717, 1.165) is 59.8 Å². The van der Waals surface area contributed by atoms with E-state index in [4.69, 9.17) is 21.3 Å². The van der Waals surface area contributed by atoms with E-state index < -0.39 is 11.7 Å². The summed E-state index contributed by atoms with van der Waals surface area (Å²) in [4.78, 5) is 35.4. The maximum atomic E-state index is 13.1. The fourth-order valence-electron chi connectivity index (χ4n) is 5.61. The van der Waals surface area contributed by atoms with Crippen LogP contribution in [0, 0.1) is 6.92 Å². The average molecular weight is 625 g/mol. The summed E-state index contributed by atoms with van der Waals surface area (Å²) in [5.74, 6) is -0.0611. The average Bonchev–Trinajstić information content (AvgIpc) is 3.50. The van der Waals surface area contributed by atoms with Crippen LogP contribution in [0.15, 0.2) is 71.7 Å². The second-order valence-electron chi connectivity index (χ2n) is 12.1. The standard InChI is InChI=1S/C35H33ClN4O3S/c1-19-16-27-32(30(21-8-11-24(36)12-9-21)29(19)31(20(2)41)43-35(3,4)5)44-33(38-27)23-14-15-37-26(17-23)22-10-13-25-28(18-22)39(6)40(7)34(25)42/h8-18,31H,1-7H3/t31-/m1/s1. The fraction of sp³-hybridized carbons (Fsp3) is 0.257. The molecule has 0 saturated heterocycles. The maximum Gasteiger partial charge on any atom is 0.274 e. The minimum atomic E-state index is -0.743. The molecule has 0 N–H and O–H groups in total. The molecule has 0 radical (unpaired) electrons. The van der Waals surface area contributed by atoms with Crippen molar-refractivity contribution in [2.24, 2.45) is 14.1 Å². The van der Waals surface area contributed by atoms with Gasteiger partial charge in [-0.05, 0) is 88.2 Å². The summed E-state index contributed by atoms with van der Waals surface area (Å²) in [7, 11) is 3.63. The van der Waals surface area contributed by atoms with Crippen molar-refractivity contribution in [1.29, 1.82) is 0 Å². The van der Waals surface area contributed by atoms with E-state index in [1.165, 1.54) is 0 Å². The van der Waals surface area contributed by atoms with Gasteiger partial charge in [-0.3, -0.25) is 23.9 Å². The first kappa shape index (κ1) is 29.9. The van der Waals surface area contributed by atoms with Crippen LogP contribution in [0.2, 0.25) is 5.02 Å². The van der Waals surface area contributed by atoms with Crippen molar-refractivity contribution in [3.63, 3.8) is 0 Å². The lowest BCUT2D eigenvalue weighted by Crippen LogP contribution is -2.27. The molecule has 6 rings (SSSR count). The summed E-state index contributed by atoms with van der Waals surface area (Å²) in [6, 6.07) is 19.5. The molecule has 0 fully saturated rings. The molecule has 6 aromatic rings. The van der Waals surface area contributed by atoms with Gasteiger partial charge < -0.3 is 4.74 Å². The minimum absolute atomic E-state index is 0.0312. The quantitative estimate of drug-likeness (QED) is 0.186. The number of hydrogen-bond acceptors (Lipinski definition) is 6. The minimum Gasteiger partial charge on any atom is -0.360 e. The van der Waals surface area contributed by atoms with Gasteiger partial charge in [-0.2, -0.15) is 0 Å². The molecule has 0 spiro atoms. The number of pyridine rings is 1. The maximum absolute atomic E-state index is 13.1. The molecule has 0 saturated carbocycles. The van der Waals surface area contributed by atoms with Crippen LogP contribution in [0.1, 0.15) is 44.9 Å². The highest BCUT2D eigenvalue weighted by atomic mass is 35.5. The van der Waals surface area contributed by atoms with E-state index in [0.29, 0.717) is 10.4 Å². The molecule has 0 unspecified atom stereocenters. The molecule has 0 aliphatic rings. The summed E-state index contributed by atoms with van der Waals surface area (Å²) in [5.41, 5.74) is 7.37. The number of nitrogens with zero attached hydrogens (tertiary/aromatic N) is 4. The van der Waals surface area contributed by atoms with Gasteiger partial charge in [0.05, 0.1) is 32.4 Å². The van der Waals surface area contributed by atoms with E-state index in [2.05, 4.69) is 4.98 Å². The van der Waals surface area contributed by atoms with E-state index >= 15 is 0 Å². The summed E-state index contributed by atoms with van der Waals surface area (Å²) in [5, 5.41) is 2.14. The van der Waals surface area contributed by atoms with Crippen LogP contribution < -0.4 is 5.56 Å². The zero-order valence-electron chi connectivity index (χ0n) is 25.7. The molecule has 9 heteroatoms. The highest BCUT2D eigenvalue weighted by Crippen LogP contribution is 2.44. The monoisotopic (exact) mass is 624 g/mol. The van der Waals surface area contributed by atoms with E-state index in [-0.39, 0.29) is 11.3 Å². The van der Waals surface area contributed by atoms with Crippen molar-refractivity contribution in [3.05, 3.63) is 93.4 Å². The molecule has 44 heavy (non-hydrogen) atoms. The van der Waals surface area contributed by atoms with Crippen LogP contribution in [0.25, 0.3) is 54.1 Å². The summed E-state index contributed by atoms with van der Waals surface area (Å²) >= 11 is 7.85. The van der Waals surface area contributed by atoms with Gasteiger partial charge >= 0.3 is 0 Å². The van der Waals surface area contributed by atoms with Crippen LogP contribution in [0.3, 0.4) is 0 Å². The van der Waals surface area contributed by atoms with Gasteiger partial charge in [-0.15, -0.1) is 11.3 Å². The largest absolute Gasteiger partial charge is 0.360 e. The van der Waals surface area contributed by atoms with Crippen LogP contribution in [0.4, 0.5) is 0 Å². The van der Waals surface area contributed by atoms with Crippen LogP contribution >= 0.6 is 22.9 Å². The first-order valence-electron chi connectivity index (χ1n) is 14.3. The molecule has 1 atom stereocenters. The molecule has 0 amide bonds. The molecule has 3 aromatic heterocycles. The number of aryl methyl sites for hydroxylation is 2. The van der Waals surface area contributed by atoms with Crippen molar-refractivity contribution in [2.75, 3.05) is 0 Å². The number of ether oxygens (including phenoxy) is 1. The number of aromatic nitrogens is 4. The Balaban J connectivity index is 1.53. The first-order valence-corrected chi connectivity index (χ1v) is 15.5. The molecular formula is C35H33ClN4O3S. The number of thiazole rings is 1. The van der Waals surface area contributed by atoms with Crippen molar-refractivity contribution in [1.82, 2.24) is 19.3 Å². The van der Waals surface area contributed by atoms with Crippen LogP contribution in [0.5, 0.6) is 0 Å². The lowest BCUT2D eigenvalue weighted by molar-refractivity contribution is -0.138. The van der Waals surface area contributed by atoms with Gasteiger partial charge in [-0.1, -0.05) is 29.8 Å². The number of rotatable bonds is 6. The second kappa shape index (κ2) is 11.1. The number of hydrogen-bond donors (Lipinski definition) is 0. The number of ketones is 1. The van der Waals surface area contributed by atoms with Crippen molar-refractivity contribution >= 4 is 49.8 Å². The van der Waals surface area contributed by atoms with E-state index in [1.54, 1.807) is 36.2 Å². The van der Waals surface area contributed by atoms with Gasteiger partial charge in [0.15, 0.2) is 5.78 Å². The van der Waals surface area contributed by atoms with Gasteiger partial charge in [0.25, 0.3) is 5.56 Å². The van der Waals surface area contributed by atoms with Crippen molar-refractivity contribution < 1.29 is 9.53 Å². The molecule has 0 bridgehead atoms.